The Morgan fingerprint density at radius 3 is 2.76 bits per heavy atom. The molecule has 0 fully saturated rings. The summed E-state index contributed by atoms with van der Waals surface area (Å²) in [6, 6.07) is 1.80. The van der Waals surface area contributed by atoms with Gasteiger partial charge in [0.15, 0.2) is 11.5 Å². The van der Waals surface area contributed by atoms with E-state index in [-0.39, 0.29) is 11.5 Å². The van der Waals surface area contributed by atoms with Crippen molar-refractivity contribution in [1.29, 1.82) is 0 Å². The minimum Gasteiger partial charge on any atom is -0.349 e. The van der Waals surface area contributed by atoms with Gasteiger partial charge in [-0.1, -0.05) is 20.8 Å². The Bertz CT molecular complexity index is 534. The molecule has 0 saturated heterocycles. The number of aromatic amines is 1. The molecule has 6 heteroatoms. The Morgan fingerprint density at radius 2 is 2.18 bits per heavy atom. The van der Waals surface area contributed by atoms with Gasteiger partial charge in [0.2, 0.25) is 6.41 Å². The summed E-state index contributed by atoms with van der Waals surface area (Å²) in [7, 11) is 0. The molecule has 2 N–H and O–H groups in total. The van der Waals surface area contributed by atoms with Crippen LogP contribution in [0.3, 0.4) is 0 Å². The number of fused-ring (bicyclic) bond motifs is 1. The van der Waals surface area contributed by atoms with Crippen molar-refractivity contribution in [2.45, 2.75) is 39.2 Å². The van der Waals surface area contributed by atoms with Gasteiger partial charge in [-0.05, 0) is 6.92 Å². The Kier molecular flexibility index (Phi) is 2.65. The third kappa shape index (κ3) is 2.02. The molecule has 0 radical (unpaired) electrons. The van der Waals surface area contributed by atoms with Gasteiger partial charge >= 0.3 is 0 Å². The van der Waals surface area contributed by atoms with E-state index in [4.69, 9.17) is 0 Å². The van der Waals surface area contributed by atoms with Gasteiger partial charge in [-0.25, -0.2) is 4.52 Å². The quantitative estimate of drug-likeness (QED) is 0.784. The zero-order valence-corrected chi connectivity index (χ0v) is 10.5. The number of H-pyrrole nitrogens is 1. The number of nitrogens with one attached hydrogen (secondary N) is 2. The molecule has 1 unspecified atom stereocenters. The lowest BCUT2D eigenvalue weighted by Crippen LogP contribution is -2.19. The minimum absolute atomic E-state index is 0.0271. The van der Waals surface area contributed by atoms with Crippen LogP contribution in [0, 0.1) is 0 Å². The lowest BCUT2D eigenvalue weighted by Gasteiger charge is -2.15. The molecule has 2 aromatic rings. The molecule has 0 spiro atoms. The van der Waals surface area contributed by atoms with Crippen LogP contribution in [-0.4, -0.2) is 26.2 Å². The third-order valence-corrected chi connectivity index (χ3v) is 2.73. The molecule has 6 nitrogen and oxygen atoms in total. The zero-order chi connectivity index (χ0) is 12.6. The molecule has 1 atom stereocenters. The first-order valence-electron chi connectivity index (χ1n) is 5.57. The number of aromatic nitrogens is 4. The van der Waals surface area contributed by atoms with E-state index in [9.17, 15) is 4.79 Å². The van der Waals surface area contributed by atoms with Gasteiger partial charge in [0.05, 0.1) is 6.04 Å². The monoisotopic (exact) mass is 235 g/mol. The number of carbonyl (C=O) groups excluding carboxylic acids is 1. The second kappa shape index (κ2) is 3.87. The number of rotatable bonds is 3. The number of hydrogen-bond acceptors (Lipinski definition) is 3. The van der Waals surface area contributed by atoms with Crippen molar-refractivity contribution in [3.05, 3.63) is 17.6 Å². The van der Waals surface area contributed by atoms with Gasteiger partial charge in [-0.3, -0.25) is 9.89 Å². The van der Waals surface area contributed by atoms with Crippen LogP contribution in [0.15, 0.2) is 6.07 Å². The van der Waals surface area contributed by atoms with Gasteiger partial charge < -0.3 is 5.32 Å². The molecule has 1 amide bonds. The second-order valence-corrected chi connectivity index (χ2v) is 5.18. The van der Waals surface area contributed by atoms with Crippen LogP contribution in [-0.2, 0) is 10.2 Å². The molecule has 0 saturated carbocycles. The molecule has 0 bridgehead atoms. The second-order valence-electron chi connectivity index (χ2n) is 5.18. The van der Waals surface area contributed by atoms with E-state index in [0.717, 1.165) is 11.3 Å². The van der Waals surface area contributed by atoms with Crippen LogP contribution in [0.2, 0.25) is 0 Å². The Balaban J connectivity index is 2.46. The first kappa shape index (κ1) is 11.6. The lowest BCUT2D eigenvalue weighted by molar-refractivity contribution is -0.110. The predicted molar refractivity (Wildman–Crippen MR) is 63.7 cm³/mol. The van der Waals surface area contributed by atoms with Crippen LogP contribution in [0.5, 0.6) is 0 Å². The summed E-state index contributed by atoms with van der Waals surface area (Å²) in [4.78, 5) is 10.4. The van der Waals surface area contributed by atoms with Gasteiger partial charge in [0.1, 0.15) is 0 Å². The molecule has 2 rings (SSSR count). The van der Waals surface area contributed by atoms with E-state index in [1.165, 1.54) is 0 Å². The molecule has 0 aromatic carbocycles. The van der Waals surface area contributed by atoms with E-state index < -0.39 is 0 Å². The highest BCUT2D eigenvalue weighted by Gasteiger charge is 2.20. The molecule has 0 aliphatic rings. The molecular weight excluding hydrogens is 218 g/mol. The number of carbonyl (C=O) groups is 1. The van der Waals surface area contributed by atoms with Gasteiger partial charge in [0.25, 0.3) is 0 Å². The van der Waals surface area contributed by atoms with E-state index in [0.29, 0.717) is 12.2 Å². The number of nitrogens with zero attached hydrogens (tertiary/aromatic N) is 3. The average Bonchev–Trinajstić information content (AvgIpc) is 2.73. The molecular formula is C11H17N5O. The Morgan fingerprint density at radius 1 is 1.47 bits per heavy atom. The SMILES string of the molecule is CC(NC=O)c1nnc2cc(C(C)(C)C)[nH]n12. The summed E-state index contributed by atoms with van der Waals surface area (Å²) in [5.74, 6) is 0.697. The molecule has 17 heavy (non-hydrogen) atoms. The maximum Gasteiger partial charge on any atom is 0.207 e. The summed E-state index contributed by atoms with van der Waals surface area (Å²) in [5, 5.41) is 14.1. The number of amides is 1. The molecule has 92 valence electrons. The van der Waals surface area contributed by atoms with E-state index in [1.54, 1.807) is 0 Å². The van der Waals surface area contributed by atoms with Crippen molar-refractivity contribution in [3.63, 3.8) is 0 Å². The normalized spacial score (nSPS) is 13.9. The number of hydrogen-bond donors (Lipinski definition) is 2. The fourth-order valence-corrected chi connectivity index (χ4v) is 1.64. The summed E-state index contributed by atoms with van der Waals surface area (Å²) < 4.78 is 1.81. The van der Waals surface area contributed by atoms with Crippen molar-refractivity contribution < 1.29 is 4.79 Å². The van der Waals surface area contributed by atoms with Crippen LogP contribution < -0.4 is 5.32 Å². The van der Waals surface area contributed by atoms with Gasteiger partial charge in [0, 0.05) is 17.2 Å². The molecule has 2 heterocycles. The van der Waals surface area contributed by atoms with Crippen LogP contribution in [0.1, 0.15) is 45.3 Å². The highest BCUT2D eigenvalue weighted by Crippen LogP contribution is 2.22. The van der Waals surface area contributed by atoms with Crippen molar-refractivity contribution >= 4 is 12.1 Å². The average molecular weight is 235 g/mol. The van der Waals surface area contributed by atoms with Crippen molar-refractivity contribution in [2.75, 3.05) is 0 Å². The summed E-state index contributed by atoms with van der Waals surface area (Å²) in [6.45, 7) is 8.23. The van der Waals surface area contributed by atoms with Crippen LogP contribution in [0.25, 0.3) is 5.65 Å². The van der Waals surface area contributed by atoms with E-state index in [1.807, 2.05) is 17.5 Å². The molecule has 2 aromatic heterocycles. The van der Waals surface area contributed by atoms with Crippen molar-refractivity contribution in [1.82, 2.24) is 25.1 Å². The highest BCUT2D eigenvalue weighted by molar-refractivity contribution is 5.47. The maximum atomic E-state index is 10.4. The summed E-state index contributed by atoms with van der Waals surface area (Å²) in [6.07, 6.45) is 0.666. The van der Waals surface area contributed by atoms with E-state index in [2.05, 4.69) is 41.4 Å². The van der Waals surface area contributed by atoms with Crippen molar-refractivity contribution in [2.24, 2.45) is 0 Å². The van der Waals surface area contributed by atoms with Gasteiger partial charge in [-0.2, -0.15) is 0 Å². The Hall–Kier alpha value is -1.85. The highest BCUT2D eigenvalue weighted by atomic mass is 16.1. The fraction of sp³-hybridized carbons (Fsp3) is 0.545. The topological polar surface area (TPSA) is 75.1 Å². The summed E-state index contributed by atoms with van der Waals surface area (Å²) in [5.41, 5.74) is 1.88. The molecule has 0 aliphatic carbocycles. The largest absolute Gasteiger partial charge is 0.349 e. The smallest absolute Gasteiger partial charge is 0.207 e. The maximum absolute atomic E-state index is 10.4. The molecule has 0 aliphatic heterocycles. The first-order chi connectivity index (χ1) is 7.93. The standard InChI is InChI=1S/C11H17N5O/c1-7(12-6-17)10-14-13-9-5-8(11(2,3)4)15-16(9)10/h5-7,15H,1-4H3,(H,12,17). The summed E-state index contributed by atoms with van der Waals surface area (Å²) >= 11 is 0. The fourth-order valence-electron chi connectivity index (χ4n) is 1.64. The van der Waals surface area contributed by atoms with Crippen molar-refractivity contribution in [3.8, 4) is 0 Å². The zero-order valence-electron chi connectivity index (χ0n) is 10.5. The van der Waals surface area contributed by atoms with E-state index >= 15 is 0 Å². The predicted octanol–water partition coefficient (Wildman–Crippen LogP) is 1.16. The Labute approximate surface area is 99.4 Å². The lowest BCUT2D eigenvalue weighted by atomic mass is 9.93. The first-order valence-corrected chi connectivity index (χ1v) is 5.57. The van der Waals surface area contributed by atoms with Crippen LogP contribution >= 0.6 is 0 Å². The van der Waals surface area contributed by atoms with Crippen LogP contribution in [0.4, 0.5) is 0 Å². The van der Waals surface area contributed by atoms with Gasteiger partial charge in [-0.15, -0.1) is 10.2 Å². The minimum atomic E-state index is -0.172. The third-order valence-electron chi connectivity index (χ3n) is 2.73.